The molecule has 1 aromatic rings. The third-order valence-corrected chi connectivity index (χ3v) is 3.67. The number of fused-ring (bicyclic) bond motifs is 1. The lowest BCUT2D eigenvalue weighted by molar-refractivity contribution is 0.311. The molecular weight excluding hydrogens is 278 g/mol. The molecule has 0 N–H and O–H groups in total. The third kappa shape index (κ3) is 3.46. The largest absolute Gasteiger partial charge is 0.493 e. The van der Waals surface area contributed by atoms with Crippen LogP contribution in [0.5, 0.6) is 5.75 Å². The molecular formula is C14H20BrNO. The smallest absolute Gasteiger partial charge is 0.122 e. The fraction of sp³-hybridized carbons (Fsp3) is 0.571. The minimum absolute atomic E-state index is 0.851. The molecule has 1 aliphatic heterocycles. The second kappa shape index (κ2) is 6.41. The number of nitrogens with zero attached hydrogens (tertiary/aromatic N) is 1. The van der Waals surface area contributed by atoms with Gasteiger partial charge in [0.05, 0.1) is 6.61 Å². The van der Waals surface area contributed by atoms with Crippen LogP contribution in [0.15, 0.2) is 18.2 Å². The van der Waals surface area contributed by atoms with Crippen LogP contribution in [-0.2, 0) is 12.8 Å². The highest BCUT2D eigenvalue weighted by Gasteiger charge is 2.12. The van der Waals surface area contributed by atoms with Crippen LogP contribution in [0.3, 0.4) is 0 Å². The van der Waals surface area contributed by atoms with Gasteiger partial charge in [0.2, 0.25) is 0 Å². The summed E-state index contributed by atoms with van der Waals surface area (Å²) in [4.78, 5) is 2.47. The Bertz CT molecular complexity index is 367. The Labute approximate surface area is 112 Å². The zero-order valence-corrected chi connectivity index (χ0v) is 12.0. The molecule has 2 nitrogen and oxygen atoms in total. The molecule has 0 unspecified atom stereocenters. The predicted molar refractivity (Wildman–Crippen MR) is 75.3 cm³/mol. The second-order valence-electron chi connectivity index (χ2n) is 4.41. The number of halogens is 1. The van der Waals surface area contributed by atoms with Gasteiger partial charge in [-0.15, -0.1) is 0 Å². The van der Waals surface area contributed by atoms with E-state index in [2.05, 4.69) is 46.0 Å². The molecule has 1 heterocycles. The van der Waals surface area contributed by atoms with Crippen LogP contribution in [0, 0.1) is 0 Å². The lowest BCUT2D eigenvalue weighted by Crippen LogP contribution is -2.27. The van der Waals surface area contributed by atoms with Crippen molar-refractivity contribution >= 4 is 15.9 Å². The van der Waals surface area contributed by atoms with Gasteiger partial charge in [0.25, 0.3) is 0 Å². The summed E-state index contributed by atoms with van der Waals surface area (Å²) in [6, 6.07) is 6.63. The molecule has 1 aliphatic rings. The normalized spacial score (nSPS) is 13.8. The van der Waals surface area contributed by atoms with Crippen molar-refractivity contribution in [2.75, 3.05) is 31.6 Å². The summed E-state index contributed by atoms with van der Waals surface area (Å²) in [6.07, 6.45) is 2.20. The van der Waals surface area contributed by atoms with Crippen molar-refractivity contribution < 1.29 is 4.74 Å². The van der Waals surface area contributed by atoms with Crippen LogP contribution in [0.4, 0.5) is 0 Å². The van der Waals surface area contributed by atoms with Crippen molar-refractivity contribution in [3.8, 4) is 5.75 Å². The highest BCUT2D eigenvalue weighted by molar-refractivity contribution is 9.09. The lowest BCUT2D eigenvalue weighted by atomic mass is 10.1. The van der Waals surface area contributed by atoms with Gasteiger partial charge in [-0.05, 0) is 30.2 Å². The fourth-order valence-corrected chi connectivity index (χ4v) is 2.73. The van der Waals surface area contributed by atoms with Gasteiger partial charge < -0.3 is 9.64 Å². The third-order valence-electron chi connectivity index (χ3n) is 3.32. The van der Waals surface area contributed by atoms with Gasteiger partial charge in [-0.2, -0.15) is 0 Å². The van der Waals surface area contributed by atoms with Crippen molar-refractivity contribution in [2.45, 2.75) is 19.8 Å². The topological polar surface area (TPSA) is 12.5 Å². The fourth-order valence-electron chi connectivity index (χ4n) is 2.23. The van der Waals surface area contributed by atoms with E-state index in [1.165, 1.54) is 11.1 Å². The van der Waals surface area contributed by atoms with Gasteiger partial charge in [-0.25, -0.2) is 0 Å². The SMILES string of the molecule is CCN(CCBr)CCc1ccc2c(c1)CCO2. The Balaban J connectivity index is 1.90. The number of benzene rings is 1. The number of alkyl halides is 1. The van der Waals surface area contributed by atoms with E-state index in [1.807, 2.05) is 0 Å². The van der Waals surface area contributed by atoms with Crippen LogP contribution in [0.2, 0.25) is 0 Å². The monoisotopic (exact) mass is 297 g/mol. The number of hydrogen-bond donors (Lipinski definition) is 0. The van der Waals surface area contributed by atoms with Crippen molar-refractivity contribution in [1.29, 1.82) is 0 Å². The molecule has 0 spiro atoms. The number of ether oxygens (including phenoxy) is 1. The Morgan fingerprint density at radius 1 is 1.35 bits per heavy atom. The Morgan fingerprint density at radius 2 is 2.24 bits per heavy atom. The zero-order valence-electron chi connectivity index (χ0n) is 10.4. The van der Waals surface area contributed by atoms with Gasteiger partial charge in [-0.3, -0.25) is 0 Å². The first-order valence-electron chi connectivity index (χ1n) is 6.36. The molecule has 2 rings (SSSR count). The first-order chi connectivity index (χ1) is 8.33. The van der Waals surface area contributed by atoms with Crippen LogP contribution in [0.25, 0.3) is 0 Å². The number of rotatable bonds is 6. The Kier molecular flexibility index (Phi) is 4.86. The summed E-state index contributed by atoms with van der Waals surface area (Å²) in [6.45, 7) is 6.47. The summed E-state index contributed by atoms with van der Waals surface area (Å²) in [7, 11) is 0. The van der Waals surface area contributed by atoms with E-state index < -0.39 is 0 Å². The van der Waals surface area contributed by atoms with E-state index in [4.69, 9.17) is 4.74 Å². The molecule has 0 bridgehead atoms. The quantitative estimate of drug-likeness (QED) is 0.749. The Morgan fingerprint density at radius 3 is 3.00 bits per heavy atom. The molecule has 0 fully saturated rings. The summed E-state index contributed by atoms with van der Waals surface area (Å²) in [5, 5.41) is 1.05. The lowest BCUT2D eigenvalue weighted by Gasteiger charge is -2.19. The van der Waals surface area contributed by atoms with Gasteiger partial charge in [0.15, 0.2) is 0 Å². The molecule has 1 aromatic carbocycles. The predicted octanol–water partition coefficient (Wildman–Crippen LogP) is 2.88. The van der Waals surface area contributed by atoms with Crippen molar-refractivity contribution in [3.63, 3.8) is 0 Å². The van der Waals surface area contributed by atoms with Gasteiger partial charge >= 0.3 is 0 Å². The Hall–Kier alpha value is -0.540. The molecule has 0 saturated heterocycles. The van der Waals surface area contributed by atoms with Crippen LogP contribution >= 0.6 is 15.9 Å². The molecule has 0 radical (unpaired) electrons. The summed E-state index contributed by atoms with van der Waals surface area (Å²) in [5.41, 5.74) is 2.81. The molecule has 0 saturated carbocycles. The molecule has 0 aromatic heterocycles. The maximum atomic E-state index is 5.52. The standard InChI is InChI=1S/C14H20BrNO/c1-2-16(9-7-15)8-5-12-3-4-14-13(11-12)6-10-17-14/h3-4,11H,2,5-10H2,1H3. The first kappa shape index (κ1) is 12.9. The van der Waals surface area contributed by atoms with E-state index in [-0.39, 0.29) is 0 Å². The van der Waals surface area contributed by atoms with Crippen molar-refractivity contribution in [1.82, 2.24) is 4.90 Å². The highest BCUT2D eigenvalue weighted by Crippen LogP contribution is 2.25. The minimum Gasteiger partial charge on any atom is -0.493 e. The van der Waals surface area contributed by atoms with Crippen LogP contribution < -0.4 is 4.74 Å². The van der Waals surface area contributed by atoms with Gasteiger partial charge in [-0.1, -0.05) is 35.0 Å². The van der Waals surface area contributed by atoms with E-state index >= 15 is 0 Å². The minimum atomic E-state index is 0.851. The first-order valence-corrected chi connectivity index (χ1v) is 7.48. The number of hydrogen-bond acceptors (Lipinski definition) is 2. The van der Waals surface area contributed by atoms with Crippen molar-refractivity contribution in [3.05, 3.63) is 29.3 Å². The van der Waals surface area contributed by atoms with E-state index in [9.17, 15) is 0 Å². The molecule has 17 heavy (non-hydrogen) atoms. The summed E-state index contributed by atoms with van der Waals surface area (Å²) in [5.74, 6) is 1.08. The molecule has 94 valence electrons. The van der Waals surface area contributed by atoms with Gasteiger partial charge in [0, 0.05) is 24.8 Å². The van der Waals surface area contributed by atoms with E-state index in [0.29, 0.717) is 0 Å². The van der Waals surface area contributed by atoms with Crippen LogP contribution in [0.1, 0.15) is 18.1 Å². The van der Waals surface area contributed by atoms with Crippen molar-refractivity contribution in [2.24, 2.45) is 0 Å². The molecule has 3 heteroatoms. The van der Waals surface area contributed by atoms with Crippen LogP contribution in [-0.4, -0.2) is 36.5 Å². The zero-order chi connectivity index (χ0) is 12.1. The maximum Gasteiger partial charge on any atom is 0.122 e. The van der Waals surface area contributed by atoms with E-state index in [0.717, 1.165) is 50.2 Å². The highest BCUT2D eigenvalue weighted by atomic mass is 79.9. The maximum absolute atomic E-state index is 5.52. The average Bonchev–Trinajstić information content (AvgIpc) is 2.81. The van der Waals surface area contributed by atoms with Gasteiger partial charge in [0.1, 0.15) is 5.75 Å². The number of likely N-dealkylation sites (N-methyl/N-ethyl adjacent to an activating group) is 1. The molecule has 0 aliphatic carbocycles. The van der Waals surface area contributed by atoms with E-state index in [1.54, 1.807) is 0 Å². The summed E-state index contributed by atoms with van der Waals surface area (Å²) >= 11 is 3.50. The summed E-state index contributed by atoms with van der Waals surface area (Å²) < 4.78 is 5.52. The average molecular weight is 298 g/mol. The molecule has 0 atom stereocenters. The molecule has 0 amide bonds. The second-order valence-corrected chi connectivity index (χ2v) is 5.21.